The van der Waals surface area contributed by atoms with Crippen LogP contribution in [0.2, 0.25) is 10.0 Å². The van der Waals surface area contributed by atoms with Crippen LogP contribution >= 0.6 is 45.8 Å². The van der Waals surface area contributed by atoms with Gasteiger partial charge in [0, 0.05) is 20.6 Å². The minimum absolute atomic E-state index is 0.0496. The van der Waals surface area contributed by atoms with Gasteiger partial charge in [-0.3, -0.25) is 4.79 Å². The molecule has 0 aliphatic carbocycles. The Balaban J connectivity index is 2.25. The first-order chi connectivity index (χ1) is 8.97. The molecule has 98 valence electrons. The summed E-state index contributed by atoms with van der Waals surface area (Å²) in [6.45, 7) is 0. The number of hydrogen-bond acceptors (Lipinski definition) is 1. The van der Waals surface area contributed by atoms with E-state index in [9.17, 15) is 9.18 Å². The van der Waals surface area contributed by atoms with Crippen molar-refractivity contribution in [2.75, 3.05) is 0 Å². The molecule has 0 fully saturated rings. The van der Waals surface area contributed by atoms with Crippen LogP contribution in [0.3, 0.4) is 0 Å². The van der Waals surface area contributed by atoms with Gasteiger partial charge in [-0.25, -0.2) is 4.39 Å². The Labute approximate surface area is 133 Å². The topological polar surface area (TPSA) is 17.1 Å². The summed E-state index contributed by atoms with van der Waals surface area (Å²) in [6, 6.07) is 9.49. The molecule has 0 aromatic heterocycles. The zero-order valence-corrected chi connectivity index (χ0v) is 13.3. The summed E-state index contributed by atoms with van der Waals surface area (Å²) in [7, 11) is 0. The first kappa shape index (κ1) is 14.8. The molecule has 1 nitrogen and oxygen atoms in total. The molecular weight excluding hydrogens is 401 g/mol. The normalized spacial score (nSPS) is 10.5. The van der Waals surface area contributed by atoms with E-state index < -0.39 is 5.82 Å². The van der Waals surface area contributed by atoms with E-state index in [2.05, 4.69) is 22.6 Å². The lowest BCUT2D eigenvalue weighted by atomic mass is 10.0. The number of halogens is 4. The van der Waals surface area contributed by atoms with Gasteiger partial charge >= 0.3 is 0 Å². The standard InChI is InChI=1S/C14H8Cl2FIO/c15-9-2-4-13(18)10(7-9)14(19)6-8-1-3-11(16)12(17)5-8/h1-5,7H,6H2. The lowest BCUT2D eigenvalue weighted by Gasteiger charge is -2.05. The Morgan fingerprint density at radius 2 is 1.89 bits per heavy atom. The summed E-state index contributed by atoms with van der Waals surface area (Å²) in [5.74, 6) is -0.624. The predicted molar refractivity (Wildman–Crippen MR) is 83.6 cm³/mol. The number of hydrogen-bond donors (Lipinski definition) is 0. The van der Waals surface area contributed by atoms with E-state index in [-0.39, 0.29) is 17.2 Å². The number of carbonyl (C=O) groups is 1. The van der Waals surface area contributed by atoms with Crippen LogP contribution in [0.1, 0.15) is 15.9 Å². The minimum Gasteiger partial charge on any atom is -0.294 e. The molecule has 0 N–H and O–H groups in total. The maximum atomic E-state index is 13.3. The highest BCUT2D eigenvalue weighted by Gasteiger charge is 2.12. The monoisotopic (exact) mass is 408 g/mol. The molecule has 0 unspecified atom stereocenters. The first-order valence-corrected chi connectivity index (χ1v) is 7.23. The molecule has 0 spiro atoms. The van der Waals surface area contributed by atoms with Gasteiger partial charge in [0.15, 0.2) is 5.78 Å². The molecule has 2 aromatic carbocycles. The van der Waals surface area contributed by atoms with Crippen molar-refractivity contribution in [3.05, 3.63) is 67.0 Å². The van der Waals surface area contributed by atoms with Crippen molar-refractivity contribution in [3.63, 3.8) is 0 Å². The average molecular weight is 409 g/mol. The second-order valence-electron chi connectivity index (χ2n) is 3.97. The highest BCUT2D eigenvalue weighted by molar-refractivity contribution is 14.1. The molecule has 0 saturated heterocycles. The second kappa shape index (κ2) is 6.20. The summed E-state index contributed by atoms with van der Waals surface area (Å²) < 4.78 is 14.1. The molecule has 0 atom stereocenters. The zero-order chi connectivity index (χ0) is 14.0. The number of rotatable bonds is 3. The fraction of sp³-hybridized carbons (Fsp3) is 0.0714. The number of benzene rings is 2. The summed E-state index contributed by atoms with van der Waals surface area (Å²) >= 11 is 13.6. The maximum absolute atomic E-state index is 13.3. The molecule has 0 radical (unpaired) electrons. The lowest BCUT2D eigenvalue weighted by Crippen LogP contribution is -2.06. The summed E-state index contributed by atoms with van der Waals surface area (Å²) in [5.41, 5.74) is 1.13. The van der Waals surface area contributed by atoms with Crippen molar-refractivity contribution in [3.8, 4) is 0 Å². The van der Waals surface area contributed by atoms with E-state index in [1.807, 2.05) is 0 Å². The fourth-order valence-corrected chi connectivity index (χ4v) is 2.57. The fourth-order valence-electron chi connectivity index (χ4n) is 1.64. The van der Waals surface area contributed by atoms with E-state index in [1.54, 1.807) is 24.3 Å². The van der Waals surface area contributed by atoms with Gasteiger partial charge in [-0.15, -0.1) is 0 Å². The van der Waals surface area contributed by atoms with E-state index >= 15 is 0 Å². The lowest BCUT2D eigenvalue weighted by molar-refractivity contribution is 0.0992. The van der Waals surface area contributed by atoms with Gasteiger partial charge in [-0.1, -0.05) is 29.3 Å². The van der Waals surface area contributed by atoms with Crippen LogP contribution in [-0.2, 0) is 6.42 Å². The predicted octanol–water partition coefficient (Wildman–Crippen LogP) is 5.16. The van der Waals surface area contributed by atoms with E-state index in [4.69, 9.17) is 23.2 Å². The van der Waals surface area contributed by atoms with Crippen LogP contribution in [0, 0.1) is 9.39 Å². The van der Waals surface area contributed by atoms with Crippen molar-refractivity contribution in [1.29, 1.82) is 0 Å². The summed E-state index contributed by atoms with van der Waals surface area (Å²) in [4.78, 5) is 12.2. The first-order valence-electron chi connectivity index (χ1n) is 5.39. The molecule has 2 aromatic rings. The van der Waals surface area contributed by atoms with Crippen LogP contribution < -0.4 is 0 Å². The Kier molecular flexibility index (Phi) is 4.81. The summed E-state index contributed by atoms with van der Waals surface area (Å²) in [6.07, 6.45) is 0.116. The largest absolute Gasteiger partial charge is 0.294 e. The molecule has 0 heterocycles. The molecule has 0 amide bonds. The second-order valence-corrected chi connectivity index (χ2v) is 5.98. The number of carbonyl (C=O) groups excluding carboxylic acids is 1. The van der Waals surface area contributed by atoms with Gasteiger partial charge in [-0.05, 0) is 58.5 Å². The Hall–Kier alpha value is -0.650. The zero-order valence-electron chi connectivity index (χ0n) is 9.59. The van der Waals surface area contributed by atoms with Crippen molar-refractivity contribution >= 4 is 51.6 Å². The van der Waals surface area contributed by atoms with Crippen molar-refractivity contribution in [2.24, 2.45) is 0 Å². The van der Waals surface area contributed by atoms with Crippen molar-refractivity contribution < 1.29 is 9.18 Å². The van der Waals surface area contributed by atoms with Gasteiger partial charge < -0.3 is 0 Å². The third-order valence-corrected chi connectivity index (χ3v) is 4.06. The molecule has 5 heteroatoms. The molecule has 0 saturated carbocycles. The van der Waals surface area contributed by atoms with Gasteiger partial charge in [0.1, 0.15) is 5.82 Å². The van der Waals surface area contributed by atoms with Gasteiger partial charge in [-0.2, -0.15) is 0 Å². The Morgan fingerprint density at radius 3 is 2.58 bits per heavy atom. The van der Waals surface area contributed by atoms with E-state index in [0.29, 0.717) is 16.1 Å². The van der Waals surface area contributed by atoms with E-state index in [1.165, 1.54) is 12.1 Å². The van der Waals surface area contributed by atoms with Crippen LogP contribution in [-0.4, -0.2) is 5.78 Å². The van der Waals surface area contributed by atoms with Crippen LogP contribution in [0.4, 0.5) is 4.39 Å². The molecule has 0 aliphatic heterocycles. The van der Waals surface area contributed by atoms with Crippen LogP contribution in [0.15, 0.2) is 36.4 Å². The molecular formula is C14H8Cl2FIO. The number of Topliss-reactive ketones (excluding diaryl/α,β-unsaturated/α-hetero) is 1. The summed E-state index contributed by atoms with van der Waals surface area (Å²) in [5, 5.41) is 0.555. The highest BCUT2D eigenvalue weighted by atomic mass is 127. The molecule has 0 aliphatic rings. The third-order valence-electron chi connectivity index (χ3n) is 2.58. The van der Waals surface area contributed by atoms with Crippen molar-refractivity contribution in [1.82, 2.24) is 0 Å². The smallest absolute Gasteiger partial charge is 0.168 e. The van der Waals surface area contributed by atoms with Gasteiger partial charge in [0.2, 0.25) is 0 Å². The molecule has 0 bridgehead atoms. The van der Waals surface area contributed by atoms with Gasteiger partial charge in [0.25, 0.3) is 0 Å². The quantitative estimate of drug-likeness (QED) is 0.506. The van der Waals surface area contributed by atoms with Crippen molar-refractivity contribution in [2.45, 2.75) is 6.42 Å². The highest BCUT2D eigenvalue weighted by Crippen LogP contribution is 2.21. The van der Waals surface area contributed by atoms with Crippen LogP contribution in [0.5, 0.6) is 0 Å². The van der Waals surface area contributed by atoms with E-state index in [0.717, 1.165) is 3.57 Å². The molecule has 2 rings (SSSR count). The third kappa shape index (κ3) is 3.68. The minimum atomic E-state index is -0.521. The number of ketones is 1. The SMILES string of the molecule is O=C(Cc1ccc(Cl)c(F)c1)c1cc(Cl)ccc1I. The Bertz CT molecular complexity index is 643. The van der Waals surface area contributed by atoms with Gasteiger partial charge in [0.05, 0.1) is 5.02 Å². The average Bonchev–Trinajstić information content (AvgIpc) is 2.36. The maximum Gasteiger partial charge on any atom is 0.168 e. The molecule has 19 heavy (non-hydrogen) atoms. The Morgan fingerprint density at radius 1 is 1.16 bits per heavy atom. The van der Waals surface area contributed by atoms with Crippen LogP contribution in [0.25, 0.3) is 0 Å².